The van der Waals surface area contributed by atoms with E-state index in [2.05, 4.69) is 20.4 Å². The zero-order valence-electron chi connectivity index (χ0n) is 10.8. The van der Waals surface area contributed by atoms with Crippen molar-refractivity contribution in [2.75, 3.05) is 6.61 Å². The van der Waals surface area contributed by atoms with E-state index >= 15 is 0 Å². The average Bonchev–Trinajstić information content (AvgIpc) is 2.57. The van der Waals surface area contributed by atoms with E-state index in [1.54, 1.807) is 0 Å². The van der Waals surface area contributed by atoms with Crippen LogP contribution in [0.4, 0.5) is 0 Å². The molecule has 0 aliphatic heterocycles. The summed E-state index contributed by atoms with van der Waals surface area (Å²) in [4.78, 5) is 0. The van der Waals surface area contributed by atoms with Gasteiger partial charge in [0.05, 0.1) is 0 Å². The van der Waals surface area contributed by atoms with Crippen LogP contribution in [0.25, 0.3) is 0 Å². The molecule has 16 heavy (non-hydrogen) atoms. The van der Waals surface area contributed by atoms with Gasteiger partial charge in [0, 0.05) is 6.61 Å². The number of fused-ring (bicyclic) bond motifs is 1. The van der Waals surface area contributed by atoms with Crippen molar-refractivity contribution in [3.8, 4) is 0 Å². The Kier molecular flexibility index (Phi) is 3.44. The summed E-state index contributed by atoms with van der Waals surface area (Å²) < 4.78 is 0. The summed E-state index contributed by atoms with van der Waals surface area (Å²) in [6, 6.07) is 0. The van der Waals surface area contributed by atoms with Gasteiger partial charge in [-0.3, -0.25) is 0 Å². The first kappa shape index (κ1) is 12.2. The number of aliphatic hydroxyl groups excluding tert-OH is 1. The molecule has 2 fully saturated rings. The maximum atomic E-state index is 9.07. The van der Waals surface area contributed by atoms with Crippen LogP contribution in [0.3, 0.4) is 0 Å². The summed E-state index contributed by atoms with van der Waals surface area (Å²) in [5, 5.41) is 9.07. The molecule has 1 N–H and O–H groups in total. The molecule has 1 nitrogen and oxygen atoms in total. The van der Waals surface area contributed by atoms with Crippen molar-refractivity contribution in [3.63, 3.8) is 0 Å². The van der Waals surface area contributed by atoms with E-state index in [1.807, 2.05) is 0 Å². The maximum absolute atomic E-state index is 9.07. The number of hydrogen-bond acceptors (Lipinski definition) is 1. The van der Waals surface area contributed by atoms with Gasteiger partial charge in [0.25, 0.3) is 0 Å². The third-order valence-electron chi connectivity index (χ3n) is 5.40. The Hall–Kier alpha value is -0.300. The van der Waals surface area contributed by atoms with Gasteiger partial charge in [-0.25, -0.2) is 0 Å². The normalized spacial score (nSPS) is 43.1. The fourth-order valence-electron chi connectivity index (χ4n) is 4.55. The molecule has 0 bridgehead atoms. The van der Waals surface area contributed by atoms with Crippen LogP contribution in [0, 0.1) is 23.2 Å². The largest absolute Gasteiger partial charge is 0.396 e. The predicted octanol–water partition coefficient (Wildman–Crippen LogP) is 3.78. The molecule has 0 saturated heterocycles. The van der Waals surface area contributed by atoms with Crippen molar-refractivity contribution >= 4 is 0 Å². The van der Waals surface area contributed by atoms with Gasteiger partial charge in [0.2, 0.25) is 0 Å². The second kappa shape index (κ2) is 4.52. The first-order valence-electron chi connectivity index (χ1n) is 6.88. The molecular formula is C15H26O. The highest BCUT2D eigenvalue weighted by atomic mass is 16.2. The van der Waals surface area contributed by atoms with Gasteiger partial charge < -0.3 is 5.11 Å². The van der Waals surface area contributed by atoms with Crippen molar-refractivity contribution < 1.29 is 5.11 Å². The van der Waals surface area contributed by atoms with E-state index < -0.39 is 0 Å². The quantitative estimate of drug-likeness (QED) is 0.721. The highest BCUT2D eigenvalue weighted by Crippen LogP contribution is 2.59. The molecule has 0 radical (unpaired) electrons. The minimum absolute atomic E-state index is 0.269. The first-order chi connectivity index (χ1) is 7.59. The molecular weight excluding hydrogens is 196 g/mol. The van der Waals surface area contributed by atoms with Gasteiger partial charge >= 0.3 is 0 Å². The molecule has 0 spiro atoms. The predicted molar refractivity (Wildman–Crippen MR) is 68.2 cm³/mol. The van der Waals surface area contributed by atoms with Gasteiger partial charge in [0.1, 0.15) is 0 Å². The second-order valence-corrected chi connectivity index (χ2v) is 6.24. The molecule has 0 aromatic carbocycles. The van der Waals surface area contributed by atoms with E-state index in [0.717, 1.165) is 18.3 Å². The Balaban J connectivity index is 2.14. The van der Waals surface area contributed by atoms with Gasteiger partial charge in [-0.1, -0.05) is 38.8 Å². The molecule has 2 saturated carbocycles. The SMILES string of the molecule is C=C(CCO)[C@H]1CCC2[C@@H](C)CCCC21C. The van der Waals surface area contributed by atoms with Crippen LogP contribution in [-0.2, 0) is 0 Å². The molecule has 1 heteroatoms. The molecule has 0 heterocycles. The summed E-state index contributed by atoms with van der Waals surface area (Å²) in [7, 11) is 0. The molecule has 0 aromatic heterocycles. The van der Waals surface area contributed by atoms with E-state index in [1.165, 1.54) is 37.7 Å². The highest BCUT2D eigenvalue weighted by molar-refractivity contribution is 5.13. The van der Waals surface area contributed by atoms with Crippen molar-refractivity contribution in [2.45, 2.75) is 52.4 Å². The van der Waals surface area contributed by atoms with E-state index in [4.69, 9.17) is 5.11 Å². The second-order valence-electron chi connectivity index (χ2n) is 6.24. The fraction of sp³-hybridized carbons (Fsp3) is 0.867. The van der Waals surface area contributed by atoms with Gasteiger partial charge in [-0.2, -0.15) is 0 Å². The molecule has 2 aliphatic carbocycles. The maximum Gasteiger partial charge on any atom is 0.0468 e. The Bertz CT molecular complexity index is 271. The molecule has 4 atom stereocenters. The molecule has 2 unspecified atom stereocenters. The summed E-state index contributed by atoms with van der Waals surface area (Å²) >= 11 is 0. The molecule has 2 aliphatic rings. The fourth-order valence-corrected chi connectivity index (χ4v) is 4.55. The zero-order chi connectivity index (χ0) is 11.8. The molecule has 0 amide bonds. The Morgan fingerprint density at radius 3 is 2.81 bits per heavy atom. The lowest BCUT2D eigenvalue weighted by Gasteiger charge is -2.44. The van der Waals surface area contributed by atoms with Gasteiger partial charge in [-0.15, -0.1) is 0 Å². The van der Waals surface area contributed by atoms with Crippen LogP contribution in [0.1, 0.15) is 52.4 Å². The van der Waals surface area contributed by atoms with Crippen LogP contribution in [-0.4, -0.2) is 11.7 Å². The third-order valence-corrected chi connectivity index (χ3v) is 5.40. The van der Waals surface area contributed by atoms with Crippen molar-refractivity contribution in [1.82, 2.24) is 0 Å². The van der Waals surface area contributed by atoms with Crippen molar-refractivity contribution in [3.05, 3.63) is 12.2 Å². The van der Waals surface area contributed by atoms with Crippen LogP contribution >= 0.6 is 0 Å². The minimum Gasteiger partial charge on any atom is -0.396 e. The van der Waals surface area contributed by atoms with Crippen LogP contribution in [0.5, 0.6) is 0 Å². The Morgan fingerprint density at radius 2 is 2.12 bits per heavy atom. The highest BCUT2D eigenvalue weighted by Gasteiger charge is 2.50. The molecule has 0 aromatic rings. The summed E-state index contributed by atoms with van der Waals surface area (Å²) in [6.07, 6.45) is 7.67. The lowest BCUT2D eigenvalue weighted by Crippen LogP contribution is -2.36. The van der Waals surface area contributed by atoms with Gasteiger partial charge in [0.15, 0.2) is 0 Å². The summed E-state index contributed by atoms with van der Waals surface area (Å²) in [5.41, 5.74) is 1.80. The summed E-state index contributed by atoms with van der Waals surface area (Å²) in [5.74, 6) is 2.47. The lowest BCUT2D eigenvalue weighted by atomic mass is 9.60. The average molecular weight is 222 g/mol. The molecule has 92 valence electrons. The first-order valence-corrected chi connectivity index (χ1v) is 6.88. The monoisotopic (exact) mass is 222 g/mol. The van der Waals surface area contributed by atoms with Gasteiger partial charge in [-0.05, 0) is 48.9 Å². The number of hydrogen-bond donors (Lipinski definition) is 1. The Morgan fingerprint density at radius 1 is 1.38 bits per heavy atom. The molecule has 2 rings (SSSR count). The minimum atomic E-state index is 0.269. The zero-order valence-corrected chi connectivity index (χ0v) is 10.8. The third kappa shape index (κ3) is 1.84. The van der Waals surface area contributed by atoms with Crippen LogP contribution in [0.15, 0.2) is 12.2 Å². The smallest absolute Gasteiger partial charge is 0.0468 e. The van der Waals surface area contributed by atoms with E-state index in [0.29, 0.717) is 11.3 Å². The Labute approximate surface area is 99.9 Å². The topological polar surface area (TPSA) is 20.2 Å². The van der Waals surface area contributed by atoms with Crippen molar-refractivity contribution in [1.29, 1.82) is 0 Å². The van der Waals surface area contributed by atoms with Crippen LogP contribution in [0.2, 0.25) is 0 Å². The lowest BCUT2D eigenvalue weighted by molar-refractivity contribution is 0.0697. The van der Waals surface area contributed by atoms with Crippen molar-refractivity contribution in [2.24, 2.45) is 23.2 Å². The number of rotatable bonds is 3. The summed E-state index contributed by atoms with van der Waals surface area (Å²) in [6.45, 7) is 9.41. The number of aliphatic hydroxyl groups is 1. The van der Waals surface area contributed by atoms with E-state index in [9.17, 15) is 0 Å². The standard InChI is InChI=1S/C15H26O/c1-11-5-4-9-15(3)13(11)6-7-14(15)12(2)8-10-16/h11,13-14,16H,2,4-10H2,1,3H3/t11-,13?,14+,15?/m0/s1. The van der Waals surface area contributed by atoms with E-state index in [-0.39, 0.29) is 6.61 Å². The van der Waals surface area contributed by atoms with Crippen LogP contribution < -0.4 is 0 Å².